The van der Waals surface area contributed by atoms with Gasteiger partial charge in [-0.25, -0.2) is 0 Å². The summed E-state index contributed by atoms with van der Waals surface area (Å²) < 4.78 is 0. The molecule has 3 N–H and O–H groups in total. The number of unbranched alkanes of at least 4 members (excludes halogenated alkanes) is 4. The average Bonchev–Trinajstić information content (AvgIpc) is 2.36. The minimum Gasteiger partial charge on any atom is -0.271 e. The van der Waals surface area contributed by atoms with Crippen LogP contribution in [0, 0.1) is 13.8 Å². The number of nitrogens with one attached hydrogen (secondary N) is 1. The van der Waals surface area contributed by atoms with Crippen molar-refractivity contribution in [2.45, 2.75) is 65.3 Å². The van der Waals surface area contributed by atoms with Crippen LogP contribution in [-0.2, 0) is 0 Å². The average molecular weight is 248 g/mol. The van der Waals surface area contributed by atoms with Crippen LogP contribution in [0.15, 0.2) is 18.2 Å². The third kappa shape index (κ3) is 4.43. The molecule has 2 nitrogen and oxygen atoms in total. The molecule has 0 bridgehead atoms. The first kappa shape index (κ1) is 15.2. The van der Waals surface area contributed by atoms with E-state index in [2.05, 4.69) is 44.4 Å². The second-order valence-corrected chi connectivity index (χ2v) is 5.23. The molecule has 1 unspecified atom stereocenters. The third-order valence-corrected chi connectivity index (χ3v) is 3.69. The van der Waals surface area contributed by atoms with Crippen LogP contribution in [0.25, 0.3) is 0 Å². The van der Waals surface area contributed by atoms with E-state index in [9.17, 15) is 0 Å². The van der Waals surface area contributed by atoms with Gasteiger partial charge < -0.3 is 0 Å². The zero-order valence-electron chi connectivity index (χ0n) is 12.1. The van der Waals surface area contributed by atoms with Crippen molar-refractivity contribution in [1.29, 1.82) is 0 Å². The number of hydrazine groups is 1. The van der Waals surface area contributed by atoms with Crippen LogP contribution in [0.4, 0.5) is 0 Å². The van der Waals surface area contributed by atoms with E-state index in [1.165, 1.54) is 48.8 Å². The molecule has 1 aromatic rings. The van der Waals surface area contributed by atoms with Crippen LogP contribution in [0.3, 0.4) is 0 Å². The lowest BCUT2D eigenvalue weighted by atomic mass is 9.93. The second kappa shape index (κ2) is 8.28. The van der Waals surface area contributed by atoms with Crippen molar-refractivity contribution in [3.63, 3.8) is 0 Å². The van der Waals surface area contributed by atoms with Gasteiger partial charge in [0.05, 0.1) is 0 Å². The monoisotopic (exact) mass is 248 g/mol. The Hall–Kier alpha value is -0.860. The minimum atomic E-state index is 0.299. The van der Waals surface area contributed by atoms with E-state index >= 15 is 0 Å². The molecule has 102 valence electrons. The summed E-state index contributed by atoms with van der Waals surface area (Å²) in [4.78, 5) is 0. The Morgan fingerprint density at radius 2 is 1.67 bits per heavy atom. The first-order valence-corrected chi connectivity index (χ1v) is 7.23. The second-order valence-electron chi connectivity index (χ2n) is 5.23. The highest BCUT2D eigenvalue weighted by molar-refractivity contribution is 5.36. The van der Waals surface area contributed by atoms with Gasteiger partial charge in [-0.1, -0.05) is 57.2 Å². The predicted molar refractivity (Wildman–Crippen MR) is 79.4 cm³/mol. The zero-order valence-corrected chi connectivity index (χ0v) is 12.1. The summed E-state index contributed by atoms with van der Waals surface area (Å²) in [5, 5.41) is 0. The molecule has 0 saturated carbocycles. The lowest BCUT2D eigenvalue weighted by molar-refractivity contribution is 0.476. The van der Waals surface area contributed by atoms with Gasteiger partial charge in [-0.05, 0) is 37.0 Å². The largest absolute Gasteiger partial charge is 0.271 e. The van der Waals surface area contributed by atoms with Crippen molar-refractivity contribution in [2.24, 2.45) is 5.84 Å². The first-order valence-electron chi connectivity index (χ1n) is 7.23. The van der Waals surface area contributed by atoms with E-state index in [0.29, 0.717) is 6.04 Å². The van der Waals surface area contributed by atoms with Gasteiger partial charge >= 0.3 is 0 Å². The molecule has 2 heteroatoms. The zero-order chi connectivity index (χ0) is 13.4. The number of hydrogen-bond acceptors (Lipinski definition) is 2. The molecule has 0 spiro atoms. The van der Waals surface area contributed by atoms with Crippen molar-refractivity contribution in [3.8, 4) is 0 Å². The maximum absolute atomic E-state index is 5.73. The fourth-order valence-electron chi connectivity index (χ4n) is 2.64. The Morgan fingerprint density at radius 1 is 1.06 bits per heavy atom. The van der Waals surface area contributed by atoms with Gasteiger partial charge in [-0.2, -0.15) is 0 Å². The maximum atomic E-state index is 5.73. The van der Waals surface area contributed by atoms with Gasteiger partial charge in [0.1, 0.15) is 0 Å². The quantitative estimate of drug-likeness (QED) is 0.412. The molecule has 18 heavy (non-hydrogen) atoms. The van der Waals surface area contributed by atoms with Gasteiger partial charge in [-0.3, -0.25) is 11.3 Å². The van der Waals surface area contributed by atoms with E-state index in [1.54, 1.807) is 0 Å². The summed E-state index contributed by atoms with van der Waals surface area (Å²) in [7, 11) is 0. The highest BCUT2D eigenvalue weighted by Crippen LogP contribution is 2.25. The molecule has 0 heterocycles. The van der Waals surface area contributed by atoms with Crippen LogP contribution in [-0.4, -0.2) is 0 Å². The highest BCUT2D eigenvalue weighted by Gasteiger charge is 2.13. The van der Waals surface area contributed by atoms with Crippen LogP contribution in [0.2, 0.25) is 0 Å². The van der Waals surface area contributed by atoms with Crippen LogP contribution in [0.5, 0.6) is 0 Å². The third-order valence-electron chi connectivity index (χ3n) is 3.69. The normalized spacial score (nSPS) is 12.7. The van der Waals surface area contributed by atoms with Gasteiger partial charge in [0.2, 0.25) is 0 Å². The Balaban J connectivity index is 2.55. The fraction of sp³-hybridized carbons (Fsp3) is 0.625. The van der Waals surface area contributed by atoms with Crippen molar-refractivity contribution >= 4 is 0 Å². The summed E-state index contributed by atoms with van der Waals surface area (Å²) in [6.07, 6.45) is 7.70. The van der Waals surface area contributed by atoms with Gasteiger partial charge in [0.15, 0.2) is 0 Å². The number of rotatable bonds is 8. The van der Waals surface area contributed by atoms with E-state index in [4.69, 9.17) is 5.84 Å². The summed E-state index contributed by atoms with van der Waals surface area (Å²) in [6.45, 7) is 6.59. The molecule has 0 aliphatic heterocycles. The molecule has 0 aliphatic carbocycles. The number of nitrogens with two attached hydrogens (primary N) is 1. The molecule has 0 saturated heterocycles. The Bertz CT molecular complexity index is 327. The number of hydrogen-bond donors (Lipinski definition) is 2. The van der Waals surface area contributed by atoms with Crippen LogP contribution < -0.4 is 11.3 Å². The first-order chi connectivity index (χ1) is 8.70. The number of benzene rings is 1. The number of aryl methyl sites for hydroxylation is 2. The van der Waals surface area contributed by atoms with Crippen LogP contribution in [0.1, 0.15) is 68.2 Å². The van der Waals surface area contributed by atoms with E-state index < -0.39 is 0 Å². The van der Waals surface area contributed by atoms with E-state index in [0.717, 1.165) is 6.42 Å². The maximum Gasteiger partial charge on any atom is 0.0465 e. The molecule has 1 aromatic carbocycles. The predicted octanol–water partition coefficient (Wildman–Crippen LogP) is 4.17. The highest BCUT2D eigenvalue weighted by atomic mass is 15.2. The molecule has 0 amide bonds. The molecule has 0 aliphatic rings. The van der Waals surface area contributed by atoms with Crippen molar-refractivity contribution < 1.29 is 0 Å². The Morgan fingerprint density at radius 3 is 2.22 bits per heavy atom. The standard InChI is InChI=1S/C16H28N2/c1-4-5-6-7-8-12-15(18-17)16-13(2)10-9-11-14(16)3/h9-11,15,18H,4-8,12,17H2,1-3H3. The molecule has 0 aromatic heterocycles. The molecule has 1 atom stereocenters. The van der Waals surface area contributed by atoms with Gasteiger partial charge in [0.25, 0.3) is 0 Å². The molecule has 0 fully saturated rings. The van der Waals surface area contributed by atoms with Crippen molar-refractivity contribution in [2.75, 3.05) is 0 Å². The molecule has 0 radical (unpaired) electrons. The minimum absolute atomic E-state index is 0.299. The van der Waals surface area contributed by atoms with E-state index in [1.807, 2.05) is 0 Å². The van der Waals surface area contributed by atoms with Gasteiger partial charge in [0, 0.05) is 6.04 Å². The summed E-state index contributed by atoms with van der Waals surface area (Å²) in [6, 6.07) is 6.75. The fourth-order valence-corrected chi connectivity index (χ4v) is 2.64. The van der Waals surface area contributed by atoms with Crippen LogP contribution >= 0.6 is 0 Å². The molecular weight excluding hydrogens is 220 g/mol. The lowest BCUT2D eigenvalue weighted by Crippen LogP contribution is -2.29. The topological polar surface area (TPSA) is 38.0 Å². The van der Waals surface area contributed by atoms with Gasteiger partial charge in [-0.15, -0.1) is 0 Å². The summed E-state index contributed by atoms with van der Waals surface area (Å²) >= 11 is 0. The smallest absolute Gasteiger partial charge is 0.0465 e. The summed E-state index contributed by atoms with van der Waals surface area (Å²) in [5.74, 6) is 5.73. The Labute approximate surface area is 112 Å². The molecule has 1 rings (SSSR count). The summed E-state index contributed by atoms with van der Waals surface area (Å²) in [5.41, 5.74) is 7.05. The SMILES string of the molecule is CCCCCCCC(NN)c1c(C)cccc1C. The molecular formula is C16H28N2. The van der Waals surface area contributed by atoms with Crippen molar-refractivity contribution in [3.05, 3.63) is 34.9 Å². The van der Waals surface area contributed by atoms with E-state index in [-0.39, 0.29) is 0 Å². The Kier molecular flexibility index (Phi) is 6.99. The lowest BCUT2D eigenvalue weighted by Gasteiger charge is -2.20. The van der Waals surface area contributed by atoms with Crippen molar-refractivity contribution in [1.82, 2.24) is 5.43 Å².